The molecule has 0 fully saturated rings. The predicted molar refractivity (Wildman–Crippen MR) is 65.9 cm³/mol. The fraction of sp³-hybridized carbons (Fsp3) is 0.462. The molecule has 0 saturated carbocycles. The highest BCUT2D eigenvalue weighted by Gasteiger charge is 2.22. The number of carboxylic acid groups (broad SMARTS) is 1. The smallest absolute Gasteiger partial charge is 0.326 e. The second kappa shape index (κ2) is 5.54. The number of carbonyl (C=O) groups is 1. The fourth-order valence-electron chi connectivity index (χ4n) is 1.85. The van der Waals surface area contributed by atoms with Crippen LogP contribution in [-0.4, -0.2) is 23.7 Å². The predicted octanol–water partition coefficient (Wildman–Crippen LogP) is 2.68. The summed E-state index contributed by atoms with van der Waals surface area (Å²) in [4.78, 5) is 13.0. The van der Waals surface area contributed by atoms with Crippen LogP contribution in [0.1, 0.15) is 25.8 Å². The van der Waals surface area contributed by atoms with Gasteiger partial charge in [-0.2, -0.15) is 0 Å². The molecule has 0 bridgehead atoms. The van der Waals surface area contributed by atoms with Crippen LogP contribution < -0.4 is 4.90 Å². The first-order valence-electron chi connectivity index (χ1n) is 5.66. The van der Waals surface area contributed by atoms with Crippen LogP contribution in [0.3, 0.4) is 0 Å². The van der Waals surface area contributed by atoms with Crippen LogP contribution in [0, 0.1) is 6.92 Å². The van der Waals surface area contributed by atoms with Gasteiger partial charge in [0, 0.05) is 12.2 Å². The van der Waals surface area contributed by atoms with Crippen molar-refractivity contribution in [2.75, 3.05) is 11.4 Å². The number of benzene rings is 1. The number of nitrogens with zero attached hydrogens (tertiary/aromatic N) is 1. The maximum absolute atomic E-state index is 11.1. The van der Waals surface area contributed by atoms with Gasteiger partial charge >= 0.3 is 5.97 Å². The first-order valence-corrected chi connectivity index (χ1v) is 5.66. The highest BCUT2D eigenvalue weighted by molar-refractivity contribution is 5.78. The van der Waals surface area contributed by atoms with Gasteiger partial charge in [-0.3, -0.25) is 0 Å². The molecule has 3 heteroatoms. The molecule has 0 radical (unpaired) electrons. The van der Waals surface area contributed by atoms with E-state index in [9.17, 15) is 4.79 Å². The summed E-state index contributed by atoms with van der Waals surface area (Å²) in [5, 5.41) is 9.15. The lowest BCUT2D eigenvalue weighted by molar-refractivity contribution is -0.138. The number of carboxylic acids is 1. The average Bonchev–Trinajstić information content (AvgIpc) is 2.26. The van der Waals surface area contributed by atoms with Crippen LogP contribution in [0.5, 0.6) is 0 Å². The molecular weight excluding hydrogens is 202 g/mol. The van der Waals surface area contributed by atoms with Gasteiger partial charge in [-0.05, 0) is 32.4 Å². The molecule has 0 heterocycles. The second-order valence-electron chi connectivity index (χ2n) is 3.88. The molecule has 1 aromatic carbocycles. The van der Waals surface area contributed by atoms with Gasteiger partial charge in [-0.15, -0.1) is 0 Å². The van der Waals surface area contributed by atoms with Crippen molar-refractivity contribution in [1.82, 2.24) is 0 Å². The molecule has 1 aromatic rings. The second-order valence-corrected chi connectivity index (χ2v) is 3.88. The van der Waals surface area contributed by atoms with E-state index < -0.39 is 12.0 Å². The van der Waals surface area contributed by atoms with Crippen molar-refractivity contribution in [2.24, 2.45) is 0 Å². The monoisotopic (exact) mass is 221 g/mol. The normalized spacial score (nSPS) is 12.2. The van der Waals surface area contributed by atoms with Crippen LogP contribution in [0.25, 0.3) is 0 Å². The zero-order chi connectivity index (χ0) is 12.1. The minimum absolute atomic E-state index is 0.437. The lowest BCUT2D eigenvalue weighted by Gasteiger charge is -2.29. The zero-order valence-corrected chi connectivity index (χ0v) is 10.1. The molecule has 0 aliphatic carbocycles. The lowest BCUT2D eigenvalue weighted by Crippen LogP contribution is -2.40. The summed E-state index contributed by atoms with van der Waals surface area (Å²) in [5.41, 5.74) is 2.16. The number of aryl methyl sites for hydroxylation is 1. The van der Waals surface area contributed by atoms with Crippen molar-refractivity contribution in [3.8, 4) is 0 Å². The van der Waals surface area contributed by atoms with Crippen LogP contribution in [0.15, 0.2) is 24.3 Å². The number of rotatable bonds is 5. The maximum atomic E-state index is 11.1. The number of likely N-dealkylation sites (N-methyl/N-ethyl adjacent to an activating group) is 1. The molecule has 0 aliphatic heterocycles. The number of hydrogen-bond acceptors (Lipinski definition) is 2. The SMILES string of the molecule is CCC(C(=O)O)N(CC)c1ccc(C)cc1. The minimum atomic E-state index is -0.759. The molecular formula is C13H19NO2. The summed E-state index contributed by atoms with van der Waals surface area (Å²) in [6.07, 6.45) is 0.608. The minimum Gasteiger partial charge on any atom is -0.480 e. The zero-order valence-electron chi connectivity index (χ0n) is 10.1. The summed E-state index contributed by atoms with van der Waals surface area (Å²) >= 11 is 0. The summed E-state index contributed by atoms with van der Waals surface area (Å²) in [6, 6.07) is 7.53. The molecule has 0 amide bonds. The largest absolute Gasteiger partial charge is 0.480 e. The maximum Gasteiger partial charge on any atom is 0.326 e. The Kier molecular flexibility index (Phi) is 4.35. The van der Waals surface area contributed by atoms with Gasteiger partial charge in [-0.25, -0.2) is 4.79 Å². The number of aliphatic carboxylic acids is 1. The van der Waals surface area contributed by atoms with E-state index in [0.717, 1.165) is 5.69 Å². The average molecular weight is 221 g/mol. The molecule has 0 saturated heterocycles. The first-order chi connectivity index (χ1) is 7.60. The molecule has 0 aromatic heterocycles. The van der Waals surface area contributed by atoms with Gasteiger partial charge in [0.25, 0.3) is 0 Å². The molecule has 1 rings (SSSR count). The van der Waals surface area contributed by atoms with E-state index in [-0.39, 0.29) is 0 Å². The van der Waals surface area contributed by atoms with Gasteiger partial charge in [0.1, 0.15) is 6.04 Å². The van der Waals surface area contributed by atoms with Gasteiger partial charge in [-0.1, -0.05) is 24.6 Å². The Morgan fingerprint density at radius 2 is 1.88 bits per heavy atom. The van der Waals surface area contributed by atoms with Gasteiger partial charge in [0.05, 0.1) is 0 Å². The lowest BCUT2D eigenvalue weighted by atomic mass is 10.1. The third kappa shape index (κ3) is 2.75. The highest BCUT2D eigenvalue weighted by atomic mass is 16.4. The topological polar surface area (TPSA) is 40.5 Å². The van der Waals surface area contributed by atoms with Crippen LogP contribution in [0.4, 0.5) is 5.69 Å². The van der Waals surface area contributed by atoms with E-state index in [1.165, 1.54) is 5.56 Å². The fourth-order valence-corrected chi connectivity index (χ4v) is 1.85. The van der Waals surface area contributed by atoms with Crippen molar-refractivity contribution in [1.29, 1.82) is 0 Å². The standard InChI is InChI=1S/C13H19NO2/c1-4-12(13(15)16)14(5-2)11-8-6-10(3)7-9-11/h6-9,12H,4-5H2,1-3H3,(H,15,16). The first kappa shape index (κ1) is 12.6. The Hall–Kier alpha value is -1.51. The summed E-state index contributed by atoms with van der Waals surface area (Å²) in [6.45, 7) is 6.60. The van der Waals surface area contributed by atoms with E-state index >= 15 is 0 Å². The quantitative estimate of drug-likeness (QED) is 0.831. The van der Waals surface area contributed by atoms with Crippen molar-refractivity contribution in [3.05, 3.63) is 29.8 Å². The highest BCUT2D eigenvalue weighted by Crippen LogP contribution is 2.19. The van der Waals surface area contributed by atoms with Crippen molar-refractivity contribution in [2.45, 2.75) is 33.2 Å². The Morgan fingerprint density at radius 3 is 2.25 bits per heavy atom. The van der Waals surface area contributed by atoms with Gasteiger partial charge < -0.3 is 10.0 Å². The summed E-state index contributed by atoms with van der Waals surface area (Å²) < 4.78 is 0. The third-order valence-corrected chi connectivity index (χ3v) is 2.75. The summed E-state index contributed by atoms with van der Waals surface area (Å²) in [5.74, 6) is -0.759. The van der Waals surface area contributed by atoms with Gasteiger partial charge in [0.2, 0.25) is 0 Å². The molecule has 1 N–H and O–H groups in total. The van der Waals surface area contributed by atoms with Crippen molar-refractivity contribution in [3.63, 3.8) is 0 Å². The summed E-state index contributed by atoms with van der Waals surface area (Å²) in [7, 11) is 0. The third-order valence-electron chi connectivity index (χ3n) is 2.75. The van der Waals surface area contributed by atoms with E-state index in [0.29, 0.717) is 13.0 Å². The van der Waals surface area contributed by atoms with E-state index in [2.05, 4.69) is 0 Å². The van der Waals surface area contributed by atoms with Crippen molar-refractivity contribution < 1.29 is 9.90 Å². The Labute approximate surface area is 96.7 Å². The molecule has 88 valence electrons. The molecule has 0 aliphatic rings. The van der Waals surface area contributed by atoms with Gasteiger partial charge in [0.15, 0.2) is 0 Å². The molecule has 1 atom stereocenters. The molecule has 3 nitrogen and oxygen atoms in total. The number of anilines is 1. The van der Waals surface area contributed by atoms with E-state index in [1.807, 2.05) is 49.9 Å². The Morgan fingerprint density at radius 1 is 1.31 bits per heavy atom. The Bertz CT molecular complexity index is 345. The molecule has 0 spiro atoms. The number of hydrogen-bond donors (Lipinski definition) is 1. The van der Waals surface area contributed by atoms with Crippen molar-refractivity contribution >= 4 is 11.7 Å². The van der Waals surface area contributed by atoms with E-state index in [1.54, 1.807) is 0 Å². The van der Waals surface area contributed by atoms with Crippen LogP contribution in [-0.2, 0) is 4.79 Å². The van der Waals surface area contributed by atoms with Crippen LogP contribution in [0.2, 0.25) is 0 Å². The van der Waals surface area contributed by atoms with Crippen LogP contribution >= 0.6 is 0 Å². The molecule has 1 unspecified atom stereocenters. The molecule has 16 heavy (non-hydrogen) atoms. The van der Waals surface area contributed by atoms with E-state index in [4.69, 9.17) is 5.11 Å². The Balaban J connectivity index is 2.96.